The first-order valence-corrected chi connectivity index (χ1v) is 12.8. The van der Waals surface area contributed by atoms with Gasteiger partial charge in [0.1, 0.15) is 11.6 Å². The number of hydrogen-bond acceptors (Lipinski definition) is 4. The van der Waals surface area contributed by atoms with Crippen LogP contribution in [0.1, 0.15) is 17.5 Å². The Morgan fingerprint density at radius 2 is 1.39 bits per heavy atom. The summed E-state index contributed by atoms with van der Waals surface area (Å²) in [7, 11) is 0. The van der Waals surface area contributed by atoms with Gasteiger partial charge in [-0.1, -0.05) is 72.8 Å². The van der Waals surface area contributed by atoms with Gasteiger partial charge in [0.05, 0.1) is 5.52 Å². The number of nitrogens with one attached hydrogen (secondary N) is 1. The molecule has 4 aromatic carbocycles. The number of halogens is 1. The summed E-state index contributed by atoms with van der Waals surface area (Å²) in [5.41, 5.74) is 3.81. The van der Waals surface area contributed by atoms with E-state index < -0.39 is 0 Å². The van der Waals surface area contributed by atoms with Crippen LogP contribution in [-0.4, -0.2) is 29.0 Å². The maximum Gasteiger partial charge on any atom is 0.222 e. The SMILES string of the molecule is O=C(CCN(CCc1ccccc1)c1nc(-c2ccc(F)cc2)nc2ccccc12)NCc1ccccc1. The molecule has 38 heavy (non-hydrogen) atoms. The smallest absolute Gasteiger partial charge is 0.222 e. The standard InChI is InChI=1S/C32H29FN4O/c33-27-17-15-26(16-18-27)31-35-29-14-8-7-13-28(29)32(36-31)37(21-19-24-9-3-1-4-10-24)22-20-30(38)34-23-25-11-5-2-6-12-25/h1-18H,19-23H2,(H,34,38). The Morgan fingerprint density at radius 1 is 0.737 bits per heavy atom. The number of fused-ring (bicyclic) bond motifs is 1. The third-order valence-corrected chi connectivity index (χ3v) is 6.44. The summed E-state index contributed by atoms with van der Waals surface area (Å²) in [6, 6.07) is 34.2. The minimum absolute atomic E-state index is 0.0179. The molecule has 0 aliphatic rings. The summed E-state index contributed by atoms with van der Waals surface area (Å²) in [5, 5.41) is 3.94. The van der Waals surface area contributed by atoms with Gasteiger partial charge in [-0.05, 0) is 53.9 Å². The molecule has 0 saturated heterocycles. The molecule has 1 N–H and O–H groups in total. The molecule has 5 nitrogen and oxygen atoms in total. The van der Waals surface area contributed by atoms with Gasteiger partial charge in [-0.3, -0.25) is 4.79 Å². The van der Waals surface area contributed by atoms with Crippen molar-refractivity contribution in [1.82, 2.24) is 15.3 Å². The fourth-order valence-electron chi connectivity index (χ4n) is 4.38. The maximum atomic E-state index is 13.6. The molecule has 190 valence electrons. The van der Waals surface area contributed by atoms with Crippen molar-refractivity contribution < 1.29 is 9.18 Å². The van der Waals surface area contributed by atoms with E-state index in [1.165, 1.54) is 17.7 Å². The fraction of sp³-hybridized carbons (Fsp3) is 0.156. The third kappa shape index (κ3) is 6.40. The number of nitrogens with zero attached hydrogens (tertiary/aromatic N) is 3. The lowest BCUT2D eigenvalue weighted by Gasteiger charge is -2.25. The molecule has 5 aromatic rings. The Labute approximate surface area is 222 Å². The normalized spacial score (nSPS) is 10.9. The van der Waals surface area contributed by atoms with Crippen molar-refractivity contribution >= 4 is 22.6 Å². The second-order valence-corrected chi connectivity index (χ2v) is 9.13. The Morgan fingerprint density at radius 3 is 2.13 bits per heavy atom. The van der Waals surface area contributed by atoms with Crippen molar-refractivity contribution in [1.29, 1.82) is 0 Å². The van der Waals surface area contributed by atoms with Crippen LogP contribution >= 0.6 is 0 Å². The summed E-state index contributed by atoms with van der Waals surface area (Å²) in [4.78, 5) is 24.7. The van der Waals surface area contributed by atoms with Gasteiger partial charge in [-0.25, -0.2) is 14.4 Å². The molecule has 0 spiro atoms. The summed E-state index contributed by atoms with van der Waals surface area (Å²) in [6.07, 6.45) is 1.13. The van der Waals surface area contributed by atoms with E-state index >= 15 is 0 Å². The fourth-order valence-corrected chi connectivity index (χ4v) is 4.38. The molecule has 1 amide bonds. The first-order valence-electron chi connectivity index (χ1n) is 12.8. The van der Waals surface area contributed by atoms with Crippen LogP contribution in [0.5, 0.6) is 0 Å². The first-order chi connectivity index (χ1) is 18.7. The van der Waals surface area contributed by atoms with Crippen molar-refractivity contribution in [2.45, 2.75) is 19.4 Å². The van der Waals surface area contributed by atoms with Gasteiger partial charge in [-0.15, -0.1) is 0 Å². The van der Waals surface area contributed by atoms with Crippen LogP contribution < -0.4 is 10.2 Å². The highest BCUT2D eigenvalue weighted by Gasteiger charge is 2.17. The predicted octanol–water partition coefficient (Wildman–Crippen LogP) is 6.19. The van der Waals surface area contributed by atoms with Crippen LogP contribution in [0, 0.1) is 5.82 Å². The Kier molecular flexibility index (Phi) is 7.99. The molecular formula is C32H29FN4O. The molecular weight excluding hydrogens is 475 g/mol. The summed E-state index contributed by atoms with van der Waals surface area (Å²) >= 11 is 0. The van der Waals surface area contributed by atoms with E-state index in [1.807, 2.05) is 72.8 Å². The lowest BCUT2D eigenvalue weighted by atomic mass is 10.1. The van der Waals surface area contributed by atoms with Gasteiger partial charge < -0.3 is 10.2 Å². The monoisotopic (exact) mass is 504 g/mol. The van der Waals surface area contributed by atoms with Crippen LogP contribution in [-0.2, 0) is 17.8 Å². The topological polar surface area (TPSA) is 58.1 Å². The molecule has 0 aliphatic carbocycles. The number of amides is 1. The van der Waals surface area contributed by atoms with E-state index in [2.05, 4.69) is 22.3 Å². The first kappa shape index (κ1) is 25.1. The third-order valence-electron chi connectivity index (χ3n) is 6.44. The van der Waals surface area contributed by atoms with Gasteiger partial charge in [0.15, 0.2) is 5.82 Å². The van der Waals surface area contributed by atoms with Crippen LogP contribution in [0.3, 0.4) is 0 Å². The summed E-state index contributed by atoms with van der Waals surface area (Å²) < 4.78 is 13.6. The second-order valence-electron chi connectivity index (χ2n) is 9.13. The van der Waals surface area contributed by atoms with Crippen molar-refractivity contribution in [2.24, 2.45) is 0 Å². The lowest BCUT2D eigenvalue weighted by Crippen LogP contribution is -2.33. The highest BCUT2D eigenvalue weighted by molar-refractivity contribution is 5.91. The van der Waals surface area contributed by atoms with E-state index in [-0.39, 0.29) is 11.7 Å². The number of aromatic nitrogens is 2. The zero-order chi connectivity index (χ0) is 26.2. The average molecular weight is 505 g/mol. The van der Waals surface area contributed by atoms with Crippen LogP contribution in [0.15, 0.2) is 109 Å². The minimum Gasteiger partial charge on any atom is -0.355 e. The quantitative estimate of drug-likeness (QED) is 0.246. The van der Waals surface area contributed by atoms with Gasteiger partial charge in [-0.2, -0.15) is 0 Å². The van der Waals surface area contributed by atoms with Crippen molar-refractivity contribution in [2.75, 3.05) is 18.0 Å². The van der Waals surface area contributed by atoms with Crippen molar-refractivity contribution in [3.8, 4) is 11.4 Å². The molecule has 0 radical (unpaired) electrons. The second kappa shape index (κ2) is 12.1. The number of rotatable bonds is 10. The largest absolute Gasteiger partial charge is 0.355 e. The van der Waals surface area contributed by atoms with E-state index in [1.54, 1.807) is 12.1 Å². The average Bonchev–Trinajstić information content (AvgIpc) is 2.97. The van der Waals surface area contributed by atoms with Gasteiger partial charge in [0.2, 0.25) is 5.91 Å². The zero-order valence-electron chi connectivity index (χ0n) is 21.1. The number of anilines is 1. The van der Waals surface area contributed by atoms with Gasteiger partial charge in [0, 0.05) is 37.0 Å². The molecule has 5 rings (SSSR count). The highest BCUT2D eigenvalue weighted by atomic mass is 19.1. The Bertz CT molecular complexity index is 1490. The Balaban J connectivity index is 1.42. The van der Waals surface area contributed by atoms with Gasteiger partial charge >= 0.3 is 0 Å². The van der Waals surface area contributed by atoms with E-state index in [0.717, 1.165) is 34.3 Å². The van der Waals surface area contributed by atoms with E-state index in [9.17, 15) is 9.18 Å². The number of carbonyl (C=O) groups is 1. The van der Waals surface area contributed by atoms with E-state index in [4.69, 9.17) is 9.97 Å². The molecule has 0 unspecified atom stereocenters. The van der Waals surface area contributed by atoms with Crippen LogP contribution in [0.4, 0.5) is 10.2 Å². The Hall–Kier alpha value is -4.58. The lowest BCUT2D eigenvalue weighted by molar-refractivity contribution is -0.121. The molecule has 0 saturated carbocycles. The number of para-hydroxylation sites is 1. The van der Waals surface area contributed by atoms with Gasteiger partial charge in [0.25, 0.3) is 0 Å². The van der Waals surface area contributed by atoms with Crippen LogP contribution in [0.25, 0.3) is 22.3 Å². The molecule has 0 bridgehead atoms. The van der Waals surface area contributed by atoms with Crippen molar-refractivity contribution in [3.63, 3.8) is 0 Å². The minimum atomic E-state index is -0.305. The molecule has 6 heteroatoms. The molecule has 0 atom stereocenters. The molecule has 0 fully saturated rings. The number of carbonyl (C=O) groups excluding carboxylic acids is 1. The van der Waals surface area contributed by atoms with Crippen molar-refractivity contribution in [3.05, 3.63) is 126 Å². The predicted molar refractivity (Wildman–Crippen MR) is 150 cm³/mol. The molecule has 1 aromatic heterocycles. The number of benzene rings is 4. The number of hydrogen-bond donors (Lipinski definition) is 1. The van der Waals surface area contributed by atoms with E-state index in [0.29, 0.717) is 31.9 Å². The maximum absolute atomic E-state index is 13.6. The summed E-state index contributed by atoms with van der Waals surface area (Å²) in [5.74, 6) is 0.968. The molecule has 1 heterocycles. The zero-order valence-corrected chi connectivity index (χ0v) is 21.1. The summed E-state index contributed by atoms with van der Waals surface area (Å²) in [6.45, 7) is 1.67. The molecule has 0 aliphatic heterocycles. The van der Waals surface area contributed by atoms with Crippen LogP contribution in [0.2, 0.25) is 0 Å². The highest BCUT2D eigenvalue weighted by Crippen LogP contribution is 2.28.